The molecule has 2 heterocycles. The van der Waals surface area contributed by atoms with Crippen LogP contribution in [-0.2, 0) is 9.59 Å². The molecule has 3 amide bonds. The molecule has 0 aliphatic carbocycles. The Bertz CT molecular complexity index is 1290. The van der Waals surface area contributed by atoms with E-state index < -0.39 is 23.0 Å². The van der Waals surface area contributed by atoms with Crippen LogP contribution in [0.4, 0.5) is 10.5 Å². The van der Waals surface area contributed by atoms with E-state index in [1.54, 1.807) is 53.2 Å². The zero-order valence-corrected chi connectivity index (χ0v) is 18.3. The van der Waals surface area contributed by atoms with Crippen LogP contribution in [0, 0.1) is 6.92 Å². The maximum atomic E-state index is 12.8. The molecule has 0 saturated carbocycles. The number of thioether (sulfide) groups is 1. The van der Waals surface area contributed by atoms with Gasteiger partial charge >= 0.3 is 5.97 Å². The Hall–Kier alpha value is -4.11. The molecule has 1 saturated heterocycles. The average Bonchev–Trinajstić information content (AvgIpc) is 3.35. The summed E-state index contributed by atoms with van der Waals surface area (Å²) in [6.45, 7) is 1.47. The molecule has 0 unspecified atom stereocenters. The van der Waals surface area contributed by atoms with E-state index in [-0.39, 0.29) is 17.0 Å². The molecule has 1 aliphatic rings. The summed E-state index contributed by atoms with van der Waals surface area (Å²) in [5.41, 5.74) is 2.99. The molecule has 2 aromatic carbocycles. The molecule has 1 aliphatic heterocycles. The number of carbonyl (C=O) groups excluding carboxylic acids is 3. The zero-order valence-electron chi connectivity index (χ0n) is 17.5. The third-order valence-corrected chi connectivity index (χ3v) is 5.95. The summed E-state index contributed by atoms with van der Waals surface area (Å²) in [6.07, 6.45) is 3.34. The van der Waals surface area contributed by atoms with E-state index in [2.05, 4.69) is 5.32 Å². The van der Waals surface area contributed by atoms with Crippen molar-refractivity contribution >= 4 is 46.5 Å². The van der Waals surface area contributed by atoms with E-state index in [4.69, 9.17) is 5.11 Å². The SMILES string of the molecule is Cc1ccccc1NC(=O)CN1C(=O)S/C(=C/c2cccn2-c2ccc(C(=O)O)cc2)C1=O. The normalized spacial score (nSPS) is 14.7. The van der Waals surface area contributed by atoms with Crippen molar-refractivity contribution in [3.05, 3.63) is 88.6 Å². The van der Waals surface area contributed by atoms with Crippen molar-refractivity contribution in [2.24, 2.45) is 0 Å². The highest BCUT2D eigenvalue weighted by atomic mass is 32.2. The van der Waals surface area contributed by atoms with Crippen LogP contribution in [0.5, 0.6) is 0 Å². The van der Waals surface area contributed by atoms with Crippen molar-refractivity contribution in [2.75, 3.05) is 11.9 Å². The summed E-state index contributed by atoms with van der Waals surface area (Å²) in [6, 6.07) is 17.1. The average molecular weight is 461 g/mol. The summed E-state index contributed by atoms with van der Waals surface area (Å²) >= 11 is 0.769. The molecule has 2 N–H and O–H groups in total. The zero-order chi connectivity index (χ0) is 23.5. The topological polar surface area (TPSA) is 109 Å². The smallest absolute Gasteiger partial charge is 0.335 e. The lowest BCUT2D eigenvalue weighted by atomic mass is 10.2. The lowest BCUT2D eigenvalue weighted by Crippen LogP contribution is -2.36. The van der Waals surface area contributed by atoms with Crippen LogP contribution in [0.15, 0.2) is 71.8 Å². The van der Waals surface area contributed by atoms with Gasteiger partial charge < -0.3 is 15.0 Å². The third-order valence-electron chi connectivity index (χ3n) is 5.05. The number of carboxylic acid groups (broad SMARTS) is 1. The molecule has 1 fully saturated rings. The number of aryl methyl sites for hydroxylation is 1. The second-order valence-corrected chi connectivity index (χ2v) is 8.28. The van der Waals surface area contributed by atoms with Crippen LogP contribution in [0.2, 0.25) is 0 Å². The van der Waals surface area contributed by atoms with Crippen molar-refractivity contribution in [1.29, 1.82) is 0 Å². The van der Waals surface area contributed by atoms with Crippen LogP contribution in [0.1, 0.15) is 21.6 Å². The number of para-hydroxylation sites is 1. The van der Waals surface area contributed by atoms with Gasteiger partial charge in [-0.05, 0) is 72.8 Å². The Morgan fingerprint density at radius 2 is 1.76 bits per heavy atom. The molecule has 0 spiro atoms. The number of benzene rings is 2. The molecule has 3 aromatic rings. The number of imide groups is 1. The maximum Gasteiger partial charge on any atom is 0.335 e. The Labute approximate surface area is 193 Å². The van der Waals surface area contributed by atoms with Gasteiger partial charge in [-0.3, -0.25) is 19.3 Å². The summed E-state index contributed by atoms with van der Waals surface area (Å²) < 4.78 is 1.77. The summed E-state index contributed by atoms with van der Waals surface area (Å²) in [5, 5.41) is 11.3. The fraction of sp³-hybridized carbons (Fsp3) is 0.0833. The molecule has 0 bridgehead atoms. The molecular weight excluding hydrogens is 442 g/mol. The molecule has 4 rings (SSSR count). The lowest BCUT2D eigenvalue weighted by Gasteiger charge is -2.13. The Balaban J connectivity index is 1.51. The van der Waals surface area contributed by atoms with Crippen molar-refractivity contribution in [1.82, 2.24) is 9.47 Å². The number of aromatic carboxylic acids is 1. The van der Waals surface area contributed by atoms with Gasteiger partial charge in [-0.25, -0.2) is 4.79 Å². The minimum atomic E-state index is -1.02. The number of carbonyl (C=O) groups is 4. The van der Waals surface area contributed by atoms with Gasteiger partial charge in [-0.1, -0.05) is 18.2 Å². The summed E-state index contributed by atoms with van der Waals surface area (Å²) in [5.74, 6) is -2.02. The van der Waals surface area contributed by atoms with E-state index in [1.807, 2.05) is 19.1 Å². The van der Waals surface area contributed by atoms with Gasteiger partial charge in [0, 0.05) is 23.3 Å². The first-order chi connectivity index (χ1) is 15.8. The van der Waals surface area contributed by atoms with Crippen LogP contribution in [0.25, 0.3) is 11.8 Å². The summed E-state index contributed by atoms with van der Waals surface area (Å²) in [4.78, 5) is 49.8. The fourth-order valence-electron chi connectivity index (χ4n) is 3.33. The number of amides is 3. The lowest BCUT2D eigenvalue weighted by molar-refractivity contribution is -0.127. The minimum Gasteiger partial charge on any atom is -0.478 e. The van der Waals surface area contributed by atoms with E-state index in [0.29, 0.717) is 17.1 Å². The Morgan fingerprint density at radius 1 is 1.03 bits per heavy atom. The molecule has 8 nitrogen and oxygen atoms in total. The van der Waals surface area contributed by atoms with E-state index in [9.17, 15) is 19.2 Å². The van der Waals surface area contributed by atoms with Gasteiger partial charge in [0.2, 0.25) is 5.91 Å². The van der Waals surface area contributed by atoms with Crippen molar-refractivity contribution in [3.63, 3.8) is 0 Å². The van der Waals surface area contributed by atoms with E-state index in [1.165, 1.54) is 12.1 Å². The molecule has 9 heteroatoms. The number of hydrogen-bond donors (Lipinski definition) is 2. The van der Waals surface area contributed by atoms with Crippen LogP contribution >= 0.6 is 11.8 Å². The number of nitrogens with zero attached hydrogens (tertiary/aromatic N) is 2. The largest absolute Gasteiger partial charge is 0.478 e. The molecule has 0 radical (unpaired) electrons. The van der Waals surface area contributed by atoms with Gasteiger partial charge in [-0.2, -0.15) is 0 Å². The highest BCUT2D eigenvalue weighted by Gasteiger charge is 2.36. The van der Waals surface area contributed by atoms with Gasteiger partial charge in [0.1, 0.15) is 6.54 Å². The van der Waals surface area contributed by atoms with Crippen LogP contribution < -0.4 is 5.32 Å². The first kappa shape index (κ1) is 22.1. The van der Waals surface area contributed by atoms with Gasteiger partial charge in [-0.15, -0.1) is 0 Å². The van der Waals surface area contributed by atoms with E-state index in [0.717, 1.165) is 22.2 Å². The third kappa shape index (κ3) is 4.73. The number of aromatic nitrogens is 1. The van der Waals surface area contributed by atoms with Crippen molar-refractivity contribution in [3.8, 4) is 5.69 Å². The molecule has 33 heavy (non-hydrogen) atoms. The second kappa shape index (κ2) is 9.17. The quantitative estimate of drug-likeness (QED) is 0.534. The predicted octanol–water partition coefficient (Wildman–Crippen LogP) is 4.16. The predicted molar refractivity (Wildman–Crippen MR) is 125 cm³/mol. The first-order valence-electron chi connectivity index (χ1n) is 9.95. The monoisotopic (exact) mass is 461 g/mol. The maximum absolute atomic E-state index is 12.8. The van der Waals surface area contributed by atoms with Gasteiger partial charge in [0.05, 0.1) is 10.5 Å². The number of carboxylic acids is 1. The molecular formula is C24H19N3O5S. The Morgan fingerprint density at radius 3 is 2.45 bits per heavy atom. The molecule has 1 aromatic heterocycles. The molecule has 0 atom stereocenters. The first-order valence-corrected chi connectivity index (χ1v) is 10.8. The number of rotatable bonds is 6. The van der Waals surface area contributed by atoms with Crippen LogP contribution in [-0.4, -0.2) is 44.1 Å². The summed E-state index contributed by atoms with van der Waals surface area (Å²) in [7, 11) is 0. The minimum absolute atomic E-state index is 0.164. The van der Waals surface area contributed by atoms with E-state index >= 15 is 0 Å². The number of anilines is 1. The van der Waals surface area contributed by atoms with Gasteiger partial charge in [0.25, 0.3) is 11.1 Å². The standard InChI is InChI=1S/C24H19N3O5S/c1-15-5-2-3-7-19(15)25-21(28)14-27-22(29)20(33-24(27)32)13-18-6-4-12-26(18)17-10-8-16(9-11-17)23(30)31/h2-13H,14H2,1H3,(H,25,28)(H,30,31)/b20-13+. The van der Waals surface area contributed by atoms with Crippen LogP contribution in [0.3, 0.4) is 0 Å². The Kier molecular flexibility index (Phi) is 6.14. The highest BCUT2D eigenvalue weighted by molar-refractivity contribution is 8.18. The fourth-order valence-corrected chi connectivity index (χ4v) is 4.15. The second-order valence-electron chi connectivity index (χ2n) is 7.29. The molecule has 166 valence electrons. The number of hydrogen-bond acceptors (Lipinski definition) is 5. The number of nitrogens with one attached hydrogen (secondary N) is 1. The highest BCUT2D eigenvalue weighted by Crippen LogP contribution is 2.32. The van der Waals surface area contributed by atoms with Crippen molar-refractivity contribution < 1.29 is 24.3 Å². The van der Waals surface area contributed by atoms with Crippen molar-refractivity contribution in [2.45, 2.75) is 6.92 Å². The van der Waals surface area contributed by atoms with Gasteiger partial charge in [0.15, 0.2) is 0 Å².